The number of aromatic nitrogens is 1. The Morgan fingerprint density at radius 3 is 2.38 bits per heavy atom. The first-order valence-corrected chi connectivity index (χ1v) is 14.4. The van der Waals surface area contributed by atoms with Crippen LogP contribution >= 0.6 is 31.9 Å². The van der Waals surface area contributed by atoms with Gasteiger partial charge in [0, 0.05) is 46.3 Å². The number of amides is 1. The smallest absolute Gasteiger partial charge is 0.343 e. The third kappa shape index (κ3) is 6.24. The number of hydrogen-bond acceptors (Lipinski definition) is 6. The fraction of sp³-hybridized carbons (Fsp3) is 0.0938. The van der Waals surface area contributed by atoms with E-state index in [-0.39, 0.29) is 5.75 Å². The molecule has 1 aromatic heterocycles. The van der Waals surface area contributed by atoms with Crippen LogP contribution in [0.1, 0.15) is 26.4 Å². The minimum Gasteiger partial charge on any atom is -0.497 e. The Hall–Kier alpha value is -4.41. The Bertz CT molecular complexity index is 1800. The zero-order valence-electron chi connectivity index (χ0n) is 22.9. The maximum Gasteiger partial charge on any atom is 0.343 e. The lowest BCUT2D eigenvalue weighted by Crippen LogP contribution is -2.19. The molecule has 212 valence electrons. The van der Waals surface area contributed by atoms with Gasteiger partial charge in [0.1, 0.15) is 11.4 Å². The molecule has 8 nitrogen and oxygen atoms in total. The molecule has 5 rings (SSSR count). The van der Waals surface area contributed by atoms with E-state index in [9.17, 15) is 9.59 Å². The lowest BCUT2D eigenvalue weighted by Gasteiger charge is -2.12. The van der Waals surface area contributed by atoms with E-state index in [0.717, 1.165) is 32.2 Å². The van der Waals surface area contributed by atoms with Crippen LogP contribution in [0.15, 0.2) is 99.0 Å². The molecule has 42 heavy (non-hydrogen) atoms. The molecule has 0 radical (unpaired) electrons. The van der Waals surface area contributed by atoms with Crippen LogP contribution in [0.2, 0.25) is 0 Å². The maximum atomic E-state index is 13.5. The molecule has 1 heterocycles. The number of carbonyl (C=O) groups excluding carboxylic acids is 2. The lowest BCUT2D eigenvalue weighted by molar-refractivity contribution is 0.0732. The SMILES string of the molecule is COc1ccc(C(=O)Oc2c(Br)cc(Br)cc2C=NNC(=O)c2[nH]c3ccc(N(C)C)cc3c2-c2ccccc2)cc1. The van der Waals surface area contributed by atoms with Gasteiger partial charge in [-0.2, -0.15) is 5.10 Å². The minimum atomic E-state index is -0.554. The number of nitrogens with one attached hydrogen (secondary N) is 2. The topological polar surface area (TPSA) is 96.0 Å². The number of fused-ring (bicyclic) bond motifs is 1. The van der Waals surface area contributed by atoms with Crippen LogP contribution in [0.4, 0.5) is 5.69 Å². The van der Waals surface area contributed by atoms with Gasteiger partial charge in [0.05, 0.1) is 23.4 Å². The van der Waals surface area contributed by atoms with Crippen LogP contribution in [-0.2, 0) is 0 Å². The van der Waals surface area contributed by atoms with Gasteiger partial charge in [0.15, 0.2) is 5.75 Å². The minimum absolute atomic E-state index is 0.254. The molecule has 1 amide bonds. The summed E-state index contributed by atoms with van der Waals surface area (Å²) in [7, 11) is 5.50. The van der Waals surface area contributed by atoms with Crippen molar-refractivity contribution in [2.75, 3.05) is 26.1 Å². The molecular formula is C32H26Br2N4O4. The number of hydrogen-bond donors (Lipinski definition) is 2. The van der Waals surface area contributed by atoms with Gasteiger partial charge >= 0.3 is 5.97 Å². The van der Waals surface area contributed by atoms with Crippen LogP contribution in [0.5, 0.6) is 11.5 Å². The zero-order chi connectivity index (χ0) is 29.8. The average molecular weight is 690 g/mol. The summed E-state index contributed by atoms with van der Waals surface area (Å²) >= 11 is 6.93. The molecule has 10 heteroatoms. The number of ether oxygens (including phenoxy) is 2. The summed E-state index contributed by atoms with van der Waals surface area (Å²) < 4.78 is 12.1. The fourth-order valence-corrected chi connectivity index (χ4v) is 5.75. The third-order valence-electron chi connectivity index (χ3n) is 6.52. The van der Waals surface area contributed by atoms with Gasteiger partial charge in [0.25, 0.3) is 5.91 Å². The average Bonchev–Trinajstić information content (AvgIpc) is 3.38. The number of H-pyrrole nitrogens is 1. The molecule has 0 saturated carbocycles. The maximum absolute atomic E-state index is 13.5. The first-order valence-electron chi connectivity index (χ1n) is 12.8. The Morgan fingerprint density at radius 2 is 1.69 bits per heavy atom. The largest absolute Gasteiger partial charge is 0.497 e. The van der Waals surface area contributed by atoms with E-state index in [2.05, 4.69) is 53.4 Å². The summed E-state index contributed by atoms with van der Waals surface area (Å²) in [5.41, 5.74) is 7.35. The number of rotatable bonds is 8. The number of esters is 1. The number of hydrazone groups is 1. The van der Waals surface area contributed by atoms with Crippen molar-refractivity contribution in [2.24, 2.45) is 5.10 Å². The van der Waals surface area contributed by atoms with E-state index in [1.807, 2.05) is 61.5 Å². The standard InChI is InChI=1S/C32H26Br2N4O4/c1-38(2)23-11-14-27-25(17-23)28(19-7-5-4-6-8-19)29(36-27)31(39)37-35-18-21-15-22(33)16-26(34)30(21)42-32(40)20-9-12-24(41-3)13-10-20/h4-18,36H,1-3H3,(H,37,39). The number of aromatic amines is 1. The first kappa shape index (κ1) is 29.1. The molecule has 0 aliphatic carbocycles. The molecular weight excluding hydrogens is 664 g/mol. The van der Waals surface area contributed by atoms with Crippen molar-refractivity contribution in [1.82, 2.24) is 10.4 Å². The molecule has 5 aromatic rings. The quantitative estimate of drug-likeness (QED) is 0.0766. The van der Waals surface area contributed by atoms with E-state index in [1.165, 1.54) is 6.21 Å². The predicted octanol–water partition coefficient (Wildman–Crippen LogP) is 7.42. The number of benzene rings is 4. The van der Waals surface area contributed by atoms with E-state index in [1.54, 1.807) is 43.5 Å². The summed E-state index contributed by atoms with van der Waals surface area (Å²) in [6.45, 7) is 0. The molecule has 0 unspecified atom stereocenters. The fourth-order valence-electron chi connectivity index (χ4n) is 4.41. The van der Waals surface area contributed by atoms with Crippen LogP contribution in [0.3, 0.4) is 0 Å². The number of methoxy groups -OCH3 is 1. The van der Waals surface area contributed by atoms with Crippen molar-refractivity contribution in [3.63, 3.8) is 0 Å². The molecule has 0 aliphatic heterocycles. The molecule has 0 atom stereocenters. The van der Waals surface area contributed by atoms with Gasteiger partial charge in [-0.3, -0.25) is 4.79 Å². The van der Waals surface area contributed by atoms with Crippen molar-refractivity contribution in [3.8, 4) is 22.6 Å². The summed E-state index contributed by atoms with van der Waals surface area (Å²) in [5.74, 6) is -0.0899. The molecule has 0 bridgehead atoms. The Labute approximate surface area is 259 Å². The van der Waals surface area contributed by atoms with Gasteiger partial charge in [-0.05, 0) is 76.1 Å². The van der Waals surface area contributed by atoms with Gasteiger partial charge in [-0.25, -0.2) is 10.2 Å². The van der Waals surface area contributed by atoms with Crippen molar-refractivity contribution >= 4 is 66.5 Å². The monoisotopic (exact) mass is 688 g/mol. The van der Waals surface area contributed by atoms with Gasteiger partial charge in [-0.15, -0.1) is 0 Å². The first-order chi connectivity index (χ1) is 20.2. The summed E-state index contributed by atoms with van der Waals surface area (Å²) in [6.07, 6.45) is 1.43. The second kappa shape index (κ2) is 12.6. The molecule has 4 aromatic carbocycles. The van der Waals surface area contributed by atoms with Crippen LogP contribution in [-0.4, -0.2) is 44.3 Å². The van der Waals surface area contributed by atoms with Crippen LogP contribution < -0.4 is 19.8 Å². The Balaban J connectivity index is 1.44. The van der Waals surface area contributed by atoms with Crippen LogP contribution in [0.25, 0.3) is 22.0 Å². The summed E-state index contributed by atoms with van der Waals surface area (Å²) in [5, 5.41) is 5.13. The molecule has 2 N–H and O–H groups in total. The van der Waals surface area contributed by atoms with Crippen molar-refractivity contribution in [1.29, 1.82) is 0 Å². The van der Waals surface area contributed by atoms with E-state index < -0.39 is 11.9 Å². The lowest BCUT2D eigenvalue weighted by atomic mass is 10.0. The highest BCUT2D eigenvalue weighted by atomic mass is 79.9. The summed E-state index contributed by atoms with van der Waals surface area (Å²) in [4.78, 5) is 31.6. The number of carbonyl (C=O) groups is 2. The number of anilines is 1. The third-order valence-corrected chi connectivity index (χ3v) is 7.56. The molecule has 0 saturated heterocycles. The van der Waals surface area contributed by atoms with E-state index in [4.69, 9.17) is 9.47 Å². The van der Waals surface area contributed by atoms with E-state index >= 15 is 0 Å². The van der Waals surface area contributed by atoms with Crippen LogP contribution in [0, 0.1) is 0 Å². The highest BCUT2D eigenvalue weighted by molar-refractivity contribution is 9.11. The normalized spacial score (nSPS) is 11.1. The number of nitrogens with zero attached hydrogens (tertiary/aromatic N) is 2. The molecule has 0 spiro atoms. The number of halogens is 2. The zero-order valence-corrected chi connectivity index (χ0v) is 26.1. The highest BCUT2D eigenvalue weighted by Crippen LogP contribution is 2.35. The van der Waals surface area contributed by atoms with Gasteiger partial charge < -0.3 is 19.4 Å². The summed E-state index contributed by atoms with van der Waals surface area (Å²) in [6, 6.07) is 25.8. The second-order valence-electron chi connectivity index (χ2n) is 9.49. The molecule has 0 aliphatic rings. The van der Waals surface area contributed by atoms with E-state index in [0.29, 0.717) is 27.0 Å². The van der Waals surface area contributed by atoms with Gasteiger partial charge in [0.2, 0.25) is 0 Å². The van der Waals surface area contributed by atoms with Crippen molar-refractivity contribution in [2.45, 2.75) is 0 Å². The Morgan fingerprint density at radius 1 is 0.952 bits per heavy atom. The van der Waals surface area contributed by atoms with Gasteiger partial charge in [-0.1, -0.05) is 46.3 Å². The highest BCUT2D eigenvalue weighted by Gasteiger charge is 2.20. The predicted molar refractivity (Wildman–Crippen MR) is 173 cm³/mol. The second-order valence-corrected chi connectivity index (χ2v) is 11.3. The Kier molecular flexibility index (Phi) is 8.75. The van der Waals surface area contributed by atoms with Crippen molar-refractivity contribution < 1.29 is 19.1 Å². The molecule has 0 fully saturated rings. The van der Waals surface area contributed by atoms with Crippen molar-refractivity contribution in [3.05, 3.63) is 111 Å².